The Bertz CT molecular complexity index is 1530. The van der Waals surface area contributed by atoms with E-state index in [0.717, 1.165) is 16.5 Å². The van der Waals surface area contributed by atoms with Gasteiger partial charge in [-0.25, -0.2) is 4.79 Å². The molecule has 4 atom stereocenters. The molecule has 4 unspecified atom stereocenters. The first-order valence-corrected chi connectivity index (χ1v) is 14.8. The summed E-state index contributed by atoms with van der Waals surface area (Å²) in [6.45, 7) is 0.458. The molecule has 11 N–H and O–H groups in total. The first-order valence-electron chi connectivity index (χ1n) is 14.8. The lowest BCUT2D eigenvalue weighted by Crippen LogP contribution is -2.57. The van der Waals surface area contributed by atoms with E-state index in [-0.39, 0.29) is 44.1 Å². The fourth-order valence-corrected chi connectivity index (χ4v) is 5.51. The van der Waals surface area contributed by atoms with E-state index in [4.69, 9.17) is 17.2 Å². The Balaban J connectivity index is 1.47. The van der Waals surface area contributed by atoms with E-state index in [1.54, 1.807) is 18.3 Å². The Morgan fingerprint density at radius 1 is 1.02 bits per heavy atom. The molecule has 45 heavy (non-hydrogen) atoms. The van der Waals surface area contributed by atoms with Gasteiger partial charge >= 0.3 is 5.97 Å². The molecular weight excluding hydrogens is 580 g/mol. The number of phenolic OH excluding ortho intramolecular Hbond substituents is 1. The largest absolute Gasteiger partial charge is 0.508 e. The third kappa shape index (κ3) is 8.72. The molecule has 0 aliphatic carbocycles. The van der Waals surface area contributed by atoms with Crippen molar-refractivity contribution in [2.45, 2.75) is 62.7 Å². The SMILES string of the molecule is NC(N)=NCCCC(NC(=O)C1CCCN1C(=O)C(Cc1ccc(O)cc1)NC(=O)C(N)Cc1c[nH]c2ccccc12)C(=O)O. The number of likely N-dealkylation sites (tertiary alicyclic amines) is 1. The zero-order valence-corrected chi connectivity index (χ0v) is 24.8. The molecule has 1 aliphatic heterocycles. The van der Waals surface area contributed by atoms with Crippen LogP contribution < -0.4 is 27.8 Å². The zero-order chi connectivity index (χ0) is 32.5. The number of guanidine groups is 1. The second-order valence-corrected chi connectivity index (χ2v) is 11.1. The molecule has 4 rings (SSSR count). The first-order chi connectivity index (χ1) is 21.5. The van der Waals surface area contributed by atoms with Crippen molar-refractivity contribution in [3.63, 3.8) is 0 Å². The third-order valence-electron chi connectivity index (χ3n) is 7.84. The Kier molecular flexibility index (Phi) is 11.0. The smallest absolute Gasteiger partial charge is 0.326 e. The summed E-state index contributed by atoms with van der Waals surface area (Å²) in [5.41, 5.74) is 19.4. The Morgan fingerprint density at radius 3 is 2.47 bits per heavy atom. The van der Waals surface area contributed by atoms with Gasteiger partial charge in [-0.05, 0) is 61.4 Å². The standard InChI is InChI=1S/C31H40N8O6/c32-22(16-19-17-36-23-6-2-1-5-21(19)23)27(41)38-25(15-18-9-11-20(40)12-10-18)29(43)39-14-4-8-26(39)28(42)37-24(30(44)45)7-3-13-35-31(33)34/h1-2,5-6,9-12,17,22,24-26,36,40H,3-4,7-8,13-16,32H2,(H,37,42)(H,38,41)(H,44,45)(H4,33,34,35). The van der Waals surface area contributed by atoms with Crippen LogP contribution in [0.3, 0.4) is 0 Å². The van der Waals surface area contributed by atoms with E-state index < -0.39 is 47.9 Å². The maximum atomic E-state index is 14.0. The number of benzene rings is 2. The van der Waals surface area contributed by atoms with Crippen molar-refractivity contribution in [2.75, 3.05) is 13.1 Å². The number of carbonyl (C=O) groups excluding carboxylic acids is 3. The van der Waals surface area contributed by atoms with Crippen molar-refractivity contribution in [1.82, 2.24) is 20.5 Å². The number of rotatable bonds is 14. The van der Waals surface area contributed by atoms with Crippen molar-refractivity contribution in [2.24, 2.45) is 22.2 Å². The Morgan fingerprint density at radius 2 is 1.76 bits per heavy atom. The van der Waals surface area contributed by atoms with Crippen LogP contribution in [0, 0.1) is 0 Å². The van der Waals surface area contributed by atoms with Crippen LogP contribution in [0.5, 0.6) is 5.75 Å². The van der Waals surface area contributed by atoms with Crippen LogP contribution >= 0.6 is 0 Å². The highest BCUT2D eigenvalue weighted by atomic mass is 16.4. The van der Waals surface area contributed by atoms with E-state index in [2.05, 4.69) is 20.6 Å². The van der Waals surface area contributed by atoms with Gasteiger partial charge in [-0.2, -0.15) is 0 Å². The molecule has 0 radical (unpaired) electrons. The topological polar surface area (TPSA) is 242 Å². The molecule has 1 aromatic heterocycles. The van der Waals surface area contributed by atoms with Crippen molar-refractivity contribution in [1.29, 1.82) is 0 Å². The highest BCUT2D eigenvalue weighted by molar-refractivity contribution is 5.95. The highest BCUT2D eigenvalue weighted by Crippen LogP contribution is 2.22. The van der Waals surface area contributed by atoms with Crippen LogP contribution in [0.25, 0.3) is 10.9 Å². The number of aliphatic imine (C=N–C) groups is 1. The first kappa shape index (κ1) is 32.8. The molecule has 0 saturated carbocycles. The van der Waals surface area contributed by atoms with Crippen molar-refractivity contribution < 1.29 is 29.4 Å². The molecule has 0 bridgehead atoms. The molecule has 2 heterocycles. The number of aromatic amines is 1. The second-order valence-electron chi connectivity index (χ2n) is 11.1. The number of phenols is 1. The Hall–Kier alpha value is -5.11. The lowest BCUT2D eigenvalue weighted by Gasteiger charge is -2.30. The summed E-state index contributed by atoms with van der Waals surface area (Å²) in [4.78, 5) is 60.8. The van der Waals surface area contributed by atoms with E-state index in [1.807, 2.05) is 24.3 Å². The second kappa shape index (κ2) is 15.1. The molecule has 1 aliphatic rings. The van der Waals surface area contributed by atoms with Gasteiger partial charge < -0.3 is 47.9 Å². The van der Waals surface area contributed by atoms with Crippen LogP contribution in [-0.4, -0.2) is 87.0 Å². The van der Waals surface area contributed by atoms with Gasteiger partial charge in [-0.3, -0.25) is 19.4 Å². The van der Waals surface area contributed by atoms with Crippen LogP contribution in [0.15, 0.2) is 59.7 Å². The van der Waals surface area contributed by atoms with Crippen molar-refractivity contribution in [3.05, 3.63) is 65.9 Å². The number of H-pyrrole nitrogens is 1. The number of carbonyl (C=O) groups is 4. The van der Waals surface area contributed by atoms with Crippen LogP contribution in [0.1, 0.15) is 36.8 Å². The van der Waals surface area contributed by atoms with Crippen LogP contribution in [-0.2, 0) is 32.0 Å². The average Bonchev–Trinajstić information content (AvgIpc) is 3.66. The van der Waals surface area contributed by atoms with Gasteiger partial charge in [0.2, 0.25) is 17.7 Å². The molecule has 14 heteroatoms. The van der Waals surface area contributed by atoms with Crippen molar-refractivity contribution >= 4 is 40.6 Å². The monoisotopic (exact) mass is 620 g/mol. The summed E-state index contributed by atoms with van der Waals surface area (Å²) in [6.07, 6.45) is 3.37. The molecule has 14 nitrogen and oxygen atoms in total. The van der Waals surface area contributed by atoms with Crippen LogP contribution in [0.2, 0.25) is 0 Å². The maximum Gasteiger partial charge on any atom is 0.326 e. The number of nitrogens with zero attached hydrogens (tertiary/aromatic N) is 2. The van der Waals surface area contributed by atoms with Gasteiger partial charge in [0, 0.05) is 36.6 Å². The number of aliphatic carboxylic acids is 1. The summed E-state index contributed by atoms with van der Waals surface area (Å²) in [5, 5.41) is 25.7. The summed E-state index contributed by atoms with van der Waals surface area (Å²) >= 11 is 0. The number of para-hydroxylation sites is 1. The average molecular weight is 621 g/mol. The lowest BCUT2D eigenvalue weighted by molar-refractivity contribution is -0.145. The van der Waals surface area contributed by atoms with Gasteiger partial charge in [0.1, 0.15) is 23.9 Å². The van der Waals surface area contributed by atoms with Gasteiger partial charge in [-0.1, -0.05) is 30.3 Å². The van der Waals surface area contributed by atoms with Crippen molar-refractivity contribution in [3.8, 4) is 5.75 Å². The molecule has 3 amide bonds. The van der Waals surface area contributed by atoms with Gasteiger partial charge in [0.15, 0.2) is 5.96 Å². The zero-order valence-electron chi connectivity index (χ0n) is 24.8. The minimum Gasteiger partial charge on any atom is -0.508 e. The minimum atomic E-state index is -1.22. The van der Waals surface area contributed by atoms with E-state index in [1.165, 1.54) is 17.0 Å². The number of hydrogen-bond acceptors (Lipinski definition) is 7. The molecule has 0 spiro atoms. The number of hydrogen-bond donors (Lipinski definition) is 8. The number of nitrogens with two attached hydrogens (primary N) is 3. The number of amides is 3. The van der Waals surface area contributed by atoms with Gasteiger partial charge in [0.25, 0.3) is 0 Å². The number of aromatic nitrogens is 1. The number of carboxylic acid groups (broad SMARTS) is 1. The van der Waals surface area contributed by atoms with Gasteiger partial charge in [0.05, 0.1) is 6.04 Å². The number of aromatic hydroxyl groups is 1. The maximum absolute atomic E-state index is 14.0. The molecule has 2 aromatic carbocycles. The van der Waals surface area contributed by atoms with Crippen LogP contribution in [0.4, 0.5) is 0 Å². The van der Waals surface area contributed by atoms with E-state index >= 15 is 0 Å². The Labute approximate surface area is 260 Å². The summed E-state index contributed by atoms with van der Waals surface area (Å²) in [5.74, 6) is -2.91. The highest BCUT2D eigenvalue weighted by Gasteiger charge is 2.39. The summed E-state index contributed by atoms with van der Waals surface area (Å²) in [6, 6.07) is 9.74. The molecule has 240 valence electrons. The lowest BCUT2D eigenvalue weighted by atomic mass is 10.0. The molecule has 3 aromatic rings. The minimum absolute atomic E-state index is 0.0500. The molecule has 1 fully saturated rings. The van der Waals surface area contributed by atoms with Gasteiger partial charge in [-0.15, -0.1) is 0 Å². The third-order valence-corrected chi connectivity index (χ3v) is 7.84. The van der Waals surface area contributed by atoms with E-state index in [0.29, 0.717) is 24.8 Å². The fourth-order valence-electron chi connectivity index (χ4n) is 5.51. The number of nitrogens with one attached hydrogen (secondary N) is 3. The predicted octanol–water partition coefficient (Wildman–Crippen LogP) is 0.0848. The van der Waals surface area contributed by atoms with E-state index in [9.17, 15) is 29.4 Å². The number of fused-ring (bicyclic) bond motifs is 1. The number of carboxylic acids is 1. The summed E-state index contributed by atoms with van der Waals surface area (Å²) in [7, 11) is 0. The fraction of sp³-hybridized carbons (Fsp3) is 0.387. The predicted molar refractivity (Wildman–Crippen MR) is 168 cm³/mol. The molecule has 1 saturated heterocycles. The summed E-state index contributed by atoms with van der Waals surface area (Å²) < 4.78 is 0. The quantitative estimate of drug-likeness (QED) is 0.0690. The normalized spacial score (nSPS) is 16.5. The molecular formula is C31H40N8O6.